The lowest BCUT2D eigenvalue weighted by Gasteiger charge is -2.32. The van der Waals surface area contributed by atoms with E-state index in [4.69, 9.17) is 4.52 Å². The van der Waals surface area contributed by atoms with E-state index in [1.54, 1.807) is 17.9 Å². The van der Waals surface area contributed by atoms with Gasteiger partial charge in [-0.3, -0.25) is 5.32 Å². The van der Waals surface area contributed by atoms with Crippen molar-refractivity contribution >= 4 is 11.8 Å². The zero-order valence-electron chi connectivity index (χ0n) is 13.1. The van der Waals surface area contributed by atoms with Crippen LogP contribution >= 0.6 is 0 Å². The van der Waals surface area contributed by atoms with Crippen molar-refractivity contribution in [3.8, 4) is 11.3 Å². The highest BCUT2D eigenvalue weighted by molar-refractivity contribution is 5.88. The van der Waals surface area contributed by atoms with Crippen molar-refractivity contribution in [1.82, 2.24) is 10.1 Å². The molecule has 2 amide bonds. The van der Waals surface area contributed by atoms with E-state index >= 15 is 0 Å². The normalized spacial score (nSPS) is 17.0. The summed E-state index contributed by atoms with van der Waals surface area (Å²) in [6, 6.07) is 11.2. The number of urea groups is 1. The number of aromatic nitrogens is 1. The fourth-order valence-corrected chi connectivity index (χ4v) is 2.85. The van der Waals surface area contributed by atoms with Gasteiger partial charge in [-0.25, -0.2) is 4.79 Å². The molecule has 1 atom stereocenters. The van der Waals surface area contributed by atoms with Crippen LogP contribution in [0.1, 0.15) is 19.8 Å². The molecule has 1 aromatic carbocycles. The van der Waals surface area contributed by atoms with Crippen molar-refractivity contribution < 1.29 is 14.4 Å². The van der Waals surface area contributed by atoms with Gasteiger partial charge in [0.1, 0.15) is 0 Å². The minimum Gasteiger partial charge on any atom is -0.393 e. The second kappa shape index (κ2) is 6.83. The number of nitrogens with zero attached hydrogens (tertiary/aromatic N) is 2. The average Bonchev–Trinajstić information content (AvgIpc) is 3.04. The summed E-state index contributed by atoms with van der Waals surface area (Å²) in [5, 5.41) is 16.3. The average molecular weight is 315 g/mol. The summed E-state index contributed by atoms with van der Waals surface area (Å²) in [4.78, 5) is 14.0. The third-order valence-corrected chi connectivity index (χ3v) is 4.31. The molecule has 0 bridgehead atoms. The lowest BCUT2D eigenvalue weighted by atomic mass is 9.92. The largest absolute Gasteiger partial charge is 0.393 e. The molecule has 2 N–H and O–H groups in total. The second-order valence-corrected chi connectivity index (χ2v) is 5.94. The Hall–Kier alpha value is -2.34. The molecule has 1 fully saturated rings. The first-order valence-electron chi connectivity index (χ1n) is 7.89. The number of amides is 2. The molecule has 2 aromatic rings. The van der Waals surface area contributed by atoms with E-state index in [0.717, 1.165) is 18.4 Å². The predicted octanol–water partition coefficient (Wildman–Crippen LogP) is 2.97. The van der Waals surface area contributed by atoms with E-state index in [1.165, 1.54) is 0 Å². The SMILES string of the molecule is CC(O)C1CCN(C(=O)Nc2cc(-c3ccccc3)on2)CC1. The van der Waals surface area contributed by atoms with Crippen molar-refractivity contribution in [2.75, 3.05) is 18.4 Å². The molecular weight excluding hydrogens is 294 g/mol. The Bertz CT molecular complexity index is 646. The van der Waals surface area contributed by atoms with Crippen LogP contribution in [0.3, 0.4) is 0 Å². The zero-order valence-corrected chi connectivity index (χ0v) is 13.1. The highest BCUT2D eigenvalue weighted by Gasteiger charge is 2.25. The fourth-order valence-electron chi connectivity index (χ4n) is 2.85. The van der Waals surface area contributed by atoms with Gasteiger partial charge in [0.2, 0.25) is 0 Å². The van der Waals surface area contributed by atoms with Gasteiger partial charge in [0, 0.05) is 24.7 Å². The summed E-state index contributed by atoms with van der Waals surface area (Å²) < 4.78 is 5.27. The summed E-state index contributed by atoms with van der Waals surface area (Å²) in [6.45, 7) is 3.09. The van der Waals surface area contributed by atoms with E-state index in [1.807, 2.05) is 30.3 Å². The van der Waals surface area contributed by atoms with Crippen LogP contribution in [0.25, 0.3) is 11.3 Å². The molecule has 122 valence electrons. The van der Waals surface area contributed by atoms with Crippen LogP contribution in [0, 0.1) is 5.92 Å². The molecule has 6 heteroatoms. The predicted molar refractivity (Wildman–Crippen MR) is 86.9 cm³/mol. The summed E-state index contributed by atoms with van der Waals surface area (Å²) in [6.07, 6.45) is 1.32. The molecule has 0 saturated carbocycles. The Morgan fingerprint density at radius 2 is 2.04 bits per heavy atom. The van der Waals surface area contributed by atoms with Gasteiger partial charge in [-0.05, 0) is 25.7 Å². The molecule has 0 spiro atoms. The highest BCUT2D eigenvalue weighted by atomic mass is 16.5. The van der Waals surface area contributed by atoms with Crippen LogP contribution in [0.15, 0.2) is 40.9 Å². The van der Waals surface area contributed by atoms with Crippen molar-refractivity contribution in [2.24, 2.45) is 5.92 Å². The fraction of sp³-hybridized carbons (Fsp3) is 0.412. The number of hydrogen-bond acceptors (Lipinski definition) is 4. The van der Waals surface area contributed by atoms with E-state index in [-0.39, 0.29) is 18.1 Å². The Balaban J connectivity index is 1.58. The molecule has 0 aliphatic carbocycles. The van der Waals surface area contributed by atoms with Crippen LogP contribution in [-0.4, -0.2) is 40.4 Å². The lowest BCUT2D eigenvalue weighted by Crippen LogP contribution is -2.42. The van der Waals surface area contributed by atoms with Crippen LogP contribution in [0.2, 0.25) is 0 Å². The van der Waals surface area contributed by atoms with Crippen LogP contribution in [-0.2, 0) is 0 Å². The molecular formula is C17H21N3O3. The molecule has 0 radical (unpaired) electrons. The summed E-state index contributed by atoms with van der Waals surface area (Å²) in [7, 11) is 0. The van der Waals surface area contributed by atoms with Crippen LogP contribution in [0.4, 0.5) is 10.6 Å². The number of aliphatic hydroxyl groups excluding tert-OH is 1. The second-order valence-electron chi connectivity index (χ2n) is 5.94. The van der Waals surface area contributed by atoms with Crippen molar-refractivity contribution in [1.29, 1.82) is 0 Å². The third kappa shape index (κ3) is 3.71. The maximum Gasteiger partial charge on any atom is 0.323 e. The monoisotopic (exact) mass is 315 g/mol. The number of anilines is 1. The number of nitrogens with one attached hydrogen (secondary N) is 1. The van der Waals surface area contributed by atoms with Gasteiger partial charge in [-0.15, -0.1) is 0 Å². The Labute approximate surface area is 135 Å². The summed E-state index contributed by atoms with van der Waals surface area (Å²) in [5.41, 5.74) is 0.915. The van der Waals surface area contributed by atoms with Gasteiger partial charge < -0.3 is 14.5 Å². The molecule has 1 aliphatic rings. The van der Waals surface area contributed by atoms with Crippen LogP contribution in [0.5, 0.6) is 0 Å². The highest BCUT2D eigenvalue weighted by Crippen LogP contribution is 2.23. The third-order valence-electron chi connectivity index (χ3n) is 4.31. The van der Waals surface area contributed by atoms with Gasteiger partial charge in [0.05, 0.1) is 6.10 Å². The van der Waals surface area contributed by atoms with Crippen LogP contribution < -0.4 is 5.32 Å². The van der Waals surface area contributed by atoms with E-state index in [9.17, 15) is 9.90 Å². The molecule has 23 heavy (non-hydrogen) atoms. The van der Waals surface area contributed by atoms with Crippen molar-refractivity contribution in [3.05, 3.63) is 36.4 Å². The lowest BCUT2D eigenvalue weighted by molar-refractivity contribution is 0.0820. The van der Waals surface area contributed by atoms with Gasteiger partial charge in [-0.1, -0.05) is 35.5 Å². The molecule has 2 heterocycles. The maximum atomic E-state index is 12.3. The number of benzene rings is 1. The first-order valence-corrected chi connectivity index (χ1v) is 7.89. The van der Waals surface area contributed by atoms with E-state index < -0.39 is 0 Å². The molecule has 3 rings (SSSR count). The number of aliphatic hydroxyl groups is 1. The quantitative estimate of drug-likeness (QED) is 0.912. The number of likely N-dealkylation sites (tertiary alicyclic amines) is 1. The standard InChI is InChI=1S/C17H21N3O3/c1-12(21)13-7-9-20(10-8-13)17(22)18-16-11-15(23-19-16)14-5-3-2-4-6-14/h2-6,11-13,21H,7-10H2,1H3,(H,18,19,22). The molecule has 1 saturated heterocycles. The Kier molecular flexibility index (Phi) is 4.62. The zero-order chi connectivity index (χ0) is 16.2. The molecule has 6 nitrogen and oxygen atoms in total. The maximum absolute atomic E-state index is 12.3. The Morgan fingerprint density at radius 1 is 1.35 bits per heavy atom. The number of piperidine rings is 1. The molecule has 1 aliphatic heterocycles. The smallest absolute Gasteiger partial charge is 0.323 e. The first-order chi connectivity index (χ1) is 11.1. The number of carbonyl (C=O) groups is 1. The molecule has 1 unspecified atom stereocenters. The van der Waals surface area contributed by atoms with Crippen molar-refractivity contribution in [2.45, 2.75) is 25.9 Å². The first kappa shape index (κ1) is 15.6. The van der Waals surface area contributed by atoms with Gasteiger partial charge in [0.15, 0.2) is 11.6 Å². The molecule has 1 aromatic heterocycles. The topological polar surface area (TPSA) is 78.6 Å². The van der Waals surface area contributed by atoms with Gasteiger partial charge in [0.25, 0.3) is 0 Å². The van der Waals surface area contributed by atoms with E-state index in [0.29, 0.717) is 24.7 Å². The van der Waals surface area contributed by atoms with Crippen molar-refractivity contribution in [3.63, 3.8) is 0 Å². The van der Waals surface area contributed by atoms with Gasteiger partial charge >= 0.3 is 6.03 Å². The number of carbonyl (C=O) groups excluding carboxylic acids is 1. The Morgan fingerprint density at radius 3 is 2.70 bits per heavy atom. The number of hydrogen-bond donors (Lipinski definition) is 2. The van der Waals surface area contributed by atoms with Gasteiger partial charge in [-0.2, -0.15) is 0 Å². The number of rotatable bonds is 3. The van der Waals surface area contributed by atoms with E-state index in [2.05, 4.69) is 10.5 Å². The minimum atomic E-state index is -0.316. The minimum absolute atomic E-state index is 0.179. The summed E-state index contributed by atoms with van der Waals surface area (Å²) in [5.74, 6) is 1.30. The summed E-state index contributed by atoms with van der Waals surface area (Å²) >= 11 is 0.